The number of nitrogens with zero attached hydrogens (tertiary/aromatic N) is 3. The van der Waals surface area contributed by atoms with Crippen molar-refractivity contribution in [2.24, 2.45) is 5.92 Å². The molecule has 0 radical (unpaired) electrons. The van der Waals surface area contributed by atoms with E-state index in [0.29, 0.717) is 29.5 Å². The lowest BCUT2D eigenvalue weighted by molar-refractivity contribution is -0.126. The van der Waals surface area contributed by atoms with Gasteiger partial charge in [-0.2, -0.15) is 0 Å². The number of anilines is 1. The minimum atomic E-state index is -0.408. The van der Waals surface area contributed by atoms with Crippen LogP contribution in [0.15, 0.2) is 42.5 Å². The van der Waals surface area contributed by atoms with Gasteiger partial charge in [0.05, 0.1) is 18.7 Å². The largest absolute Gasteiger partial charge is 0.495 e. The SMILES string of the molecule is COc1ccc(Cl)cc1N1CC(C(=O)NCc2cccc(CN3CCN(C)CC3)c2)CC1=O. The Bertz CT molecular complexity index is 1010. The molecular formula is C25H31ClN4O3. The number of ether oxygens (including phenoxy) is 1. The number of rotatable bonds is 7. The molecule has 0 saturated carbocycles. The van der Waals surface area contributed by atoms with E-state index >= 15 is 0 Å². The monoisotopic (exact) mass is 470 g/mol. The average Bonchev–Trinajstić information content (AvgIpc) is 3.21. The molecule has 176 valence electrons. The van der Waals surface area contributed by atoms with Gasteiger partial charge < -0.3 is 19.9 Å². The van der Waals surface area contributed by atoms with E-state index in [1.165, 1.54) is 5.56 Å². The van der Waals surface area contributed by atoms with Crippen molar-refractivity contribution in [3.63, 3.8) is 0 Å². The molecule has 7 nitrogen and oxygen atoms in total. The third kappa shape index (κ3) is 5.85. The molecule has 4 rings (SSSR count). The van der Waals surface area contributed by atoms with Gasteiger partial charge in [0, 0.05) is 57.3 Å². The number of benzene rings is 2. The fourth-order valence-corrected chi connectivity index (χ4v) is 4.59. The Morgan fingerprint density at radius 2 is 1.88 bits per heavy atom. The van der Waals surface area contributed by atoms with E-state index in [1.54, 1.807) is 30.2 Å². The molecule has 2 aliphatic heterocycles. The van der Waals surface area contributed by atoms with E-state index in [1.807, 2.05) is 12.1 Å². The van der Waals surface area contributed by atoms with Gasteiger partial charge in [0.25, 0.3) is 0 Å². The minimum Gasteiger partial charge on any atom is -0.495 e. The normalized spacial score (nSPS) is 19.7. The Morgan fingerprint density at radius 3 is 2.64 bits per heavy atom. The predicted molar refractivity (Wildman–Crippen MR) is 130 cm³/mol. The van der Waals surface area contributed by atoms with Crippen LogP contribution in [0.5, 0.6) is 5.75 Å². The zero-order valence-corrected chi connectivity index (χ0v) is 20.0. The number of nitrogens with one attached hydrogen (secondary N) is 1. The fourth-order valence-electron chi connectivity index (χ4n) is 4.43. The van der Waals surface area contributed by atoms with E-state index in [9.17, 15) is 9.59 Å². The van der Waals surface area contributed by atoms with Crippen molar-refractivity contribution < 1.29 is 14.3 Å². The highest BCUT2D eigenvalue weighted by atomic mass is 35.5. The highest BCUT2D eigenvalue weighted by Gasteiger charge is 2.36. The lowest BCUT2D eigenvalue weighted by atomic mass is 10.1. The number of halogens is 1. The van der Waals surface area contributed by atoms with Gasteiger partial charge in [-0.1, -0.05) is 35.9 Å². The number of piperazine rings is 1. The van der Waals surface area contributed by atoms with Crippen LogP contribution in [0.4, 0.5) is 5.69 Å². The van der Waals surface area contributed by atoms with Crippen LogP contribution >= 0.6 is 11.6 Å². The van der Waals surface area contributed by atoms with Crippen LogP contribution < -0.4 is 15.0 Å². The number of carbonyl (C=O) groups is 2. The molecule has 0 spiro atoms. The molecule has 2 aromatic carbocycles. The zero-order chi connectivity index (χ0) is 23.4. The highest BCUT2D eigenvalue weighted by Crippen LogP contribution is 2.35. The first-order valence-corrected chi connectivity index (χ1v) is 11.7. The van der Waals surface area contributed by atoms with Crippen LogP contribution in [0.1, 0.15) is 17.5 Å². The number of carbonyl (C=O) groups excluding carboxylic acids is 2. The smallest absolute Gasteiger partial charge is 0.227 e. The van der Waals surface area contributed by atoms with Gasteiger partial charge in [-0.25, -0.2) is 0 Å². The molecule has 2 saturated heterocycles. The molecule has 2 fully saturated rings. The second-order valence-electron chi connectivity index (χ2n) is 8.84. The van der Waals surface area contributed by atoms with Crippen molar-refractivity contribution in [1.29, 1.82) is 0 Å². The Balaban J connectivity index is 1.33. The molecule has 2 aliphatic rings. The quantitative estimate of drug-likeness (QED) is 0.674. The molecule has 1 atom stereocenters. The zero-order valence-electron chi connectivity index (χ0n) is 19.2. The van der Waals surface area contributed by atoms with Crippen LogP contribution in [-0.2, 0) is 22.7 Å². The maximum Gasteiger partial charge on any atom is 0.227 e. The second-order valence-corrected chi connectivity index (χ2v) is 9.28. The van der Waals surface area contributed by atoms with E-state index < -0.39 is 5.92 Å². The summed E-state index contributed by atoms with van der Waals surface area (Å²) in [6, 6.07) is 13.5. The lowest BCUT2D eigenvalue weighted by Gasteiger charge is -2.32. The molecule has 33 heavy (non-hydrogen) atoms. The highest BCUT2D eigenvalue weighted by molar-refractivity contribution is 6.31. The number of likely N-dealkylation sites (N-methyl/N-ethyl adjacent to an activating group) is 1. The lowest BCUT2D eigenvalue weighted by Crippen LogP contribution is -2.43. The summed E-state index contributed by atoms with van der Waals surface area (Å²) < 4.78 is 5.37. The molecule has 0 aliphatic carbocycles. The van der Waals surface area contributed by atoms with Crippen molar-refractivity contribution in [3.8, 4) is 5.75 Å². The molecule has 2 aromatic rings. The number of methoxy groups -OCH3 is 1. The number of hydrogen-bond donors (Lipinski definition) is 1. The summed E-state index contributed by atoms with van der Waals surface area (Å²) in [6.07, 6.45) is 0.172. The summed E-state index contributed by atoms with van der Waals surface area (Å²) in [6.45, 7) is 6.00. The molecule has 2 heterocycles. The van der Waals surface area contributed by atoms with Gasteiger partial charge in [-0.05, 0) is 36.4 Å². The Labute approximate surface area is 200 Å². The molecule has 8 heteroatoms. The van der Waals surface area contributed by atoms with Gasteiger partial charge in [0.2, 0.25) is 11.8 Å². The van der Waals surface area contributed by atoms with Crippen LogP contribution in [-0.4, -0.2) is 68.5 Å². The minimum absolute atomic E-state index is 0.107. The number of hydrogen-bond acceptors (Lipinski definition) is 5. The Hall–Kier alpha value is -2.61. The maximum atomic E-state index is 12.8. The van der Waals surface area contributed by atoms with Crippen LogP contribution in [0, 0.1) is 5.92 Å². The fraction of sp³-hybridized carbons (Fsp3) is 0.440. The maximum absolute atomic E-state index is 12.8. The van der Waals surface area contributed by atoms with Crippen molar-refractivity contribution in [1.82, 2.24) is 15.1 Å². The first-order chi connectivity index (χ1) is 15.9. The molecule has 1 unspecified atom stereocenters. The Morgan fingerprint density at radius 1 is 1.12 bits per heavy atom. The third-order valence-corrected chi connectivity index (χ3v) is 6.62. The summed E-state index contributed by atoms with van der Waals surface area (Å²) in [4.78, 5) is 31.9. The van der Waals surface area contributed by atoms with E-state index in [-0.39, 0.29) is 18.2 Å². The summed E-state index contributed by atoms with van der Waals surface area (Å²) >= 11 is 6.12. The first kappa shape index (κ1) is 23.5. The van der Waals surface area contributed by atoms with E-state index in [4.69, 9.17) is 16.3 Å². The standard InChI is InChI=1S/C25H31ClN4O3/c1-28-8-10-29(11-9-28)16-19-5-3-4-18(12-19)15-27-25(32)20-13-24(31)30(17-20)22-14-21(26)6-7-23(22)33-2/h3-7,12,14,20H,8-11,13,15-17H2,1-2H3,(H,27,32). The van der Waals surface area contributed by atoms with Crippen molar-refractivity contribution in [2.45, 2.75) is 19.5 Å². The van der Waals surface area contributed by atoms with Crippen LogP contribution in [0.25, 0.3) is 0 Å². The third-order valence-electron chi connectivity index (χ3n) is 6.39. The van der Waals surface area contributed by atoms with Crippen molar-refractivity contribution >= 4 is 29.1 Å². The van der Waals surface area contributed by atoms with E-state index in [0.717, 1.165) is 38.3 Å². The summed E-state index contributed by atoms with van der Waals surface area (Å²) in [5.74, 6) is -0.0677. The number of amides is 2. The van der Waals surface area contributed by atoms with Gasteiger partial charge in [0.15, 0.2) is 0 Å². The summed E-state index contributed by atoms with van der Waals surface area (Å²) in [7, 11) is 3.71. The molecular weight excluding hydrogens is 440 g/mol. The predicted octanol–water partition coefficient (Wildman–Crippen LogP) is 2.77. The topological polar surface area (TPSA) is 65.1 Å². The van der Waals surface area contributed by atoms with Crippen LogP contribution in [0.3, 0.4) is 0 Å². The molecule has 2 amide bonds. The van der Waals surface area contributed by atoms with Gasteiger partial charge in [0.1, 0.15) is 5.75 Å². The van der Waals surface area contributed by atoms with Crippen LogP contribution in [0.2, 0.25) is 5.02 Å². The first-order valence-electron chi connectivity index (χ1n) is 11.3. The van der Waals surface area contributed by atoms with Gasteiger partial charge >= 0.3 is 0 Å². The molecule has 1 N–H and O–H groups in total. The van der Waals surface area contributed by atoms with Gasteiger partial charge in [-0.15, -0.1) is 0 Å². The Kier molecular flexibility index (Phi) is 7.53. The summed E-state index contributed by atoms with van der Waals surface area (Å²) in [5, 5.41) is 3.53. The summed E-state index contributed by atoms with van der Waals surface area (Å²) in [5.41, 5.74) is 2.91. The average molecular weight is 471 g/mol. The van der Waals surface area contributed by atoms with E-state index in [2.05, 4.69) is 34.3 Å². The molecule has 0 bridgehead atoms. The van der Waals surface area contributed by atoms with Crippen molar-refractivity contribution in [3.05, 3.63) is 58.6 Å². The second kappa shape index (κ2) is 10.5. The van der Waals surface area contributed by atoms with Gasteiger partial charge in [-0.3, -0.25) is 14.5 Å². The van der Waals surface area contributed by atoms with Crippen molar-refractivity contribution in [2.75, 3.05) is 51.8 Å². The molecule has 0 aromatic heterocycles.